The number of piperidine rings is 1. The van der Waals surface area contributed by atoms with Crippen molar-refractivity contribution < 1.29 is 19.1 Å². The first kappa shape index (κ1) is 28.0. The molecule has 1 heterocycles. The highest BCUT2D eigenvalue weighted by Gasteiger charge is 2.30. The number of hydrogen-bond acceptors (Lipinski definition) is 5. The molecule has 0 spiro atoms. The number of primary amides is 1. The van der Waals surface area contributed by atoms with E-state index in [-0.39, 0.29) is 24.5 Å². The van der Waals surface area contributed by atoms with Crippen molar-refractivity contribution in [3.63, 3.8) is 0 Å². The highest BCUT2D eigenvalue weighted by Crippen LogP contribution is 2.31. The van der Waals surface area contributed by atoms with Crippen LogP contribution in [0.1, 0.15) is 62.1 Å². The molecule has 7 heteroatoms. The Bertz CT molecular complexity index is 1100. The van der Waals surface area contributed by atoms with E-state index in [0.717, 1.165) is 55.1 Å². The molecule has 0 unspecified atom stereocenters. The Morgan fingerprint density at radius 1 is 1.08 bits per heavy atom. The molecular weight excluding hydrogens is 478 g/mol. The van der Waals surface area contributed by atoms with Crippen LogP contribution in [0.25, 0.3) is 0 Å². The lowest BCUT2D eigenvalue weighted by molar-refractivity contribution is -0.123. The molecule has 0 aromatic heterocycles. The Hall–Kier alpha value is -3.06. The Morgan fingerprint density at radius 2 is 1.87 bits per heavy atom. The molecule has 1 saturated heterocycles. The number of hydrogen-bond donors (Lipinski definition) is 1. The van der Waals surface area contributed by atoms with Gasteiger partial charge in [0.1, 0.15) is 5.75 Å². The molecule has 7 nitrogen and oxygen atoms in total. The fourth-order valence-corrected chi connectivity index (χ4v) is 5.80. The normalized spacial score (nSPS) is 22.0. The molecule has 1 aliphatic carbocycles. The minimum absolute atomic E-state index is 0.0203. The fraction of sp³-hybridized carbons (Fsp3) is 0.548. The molecule has 2 aromatic carbocycles. The van der Waals surface area contributed by atoms with Gasteiger partial charge in [0.15, 0.2) is 0 Å². The van der Waals surface area contributed by atoms with Gasteiger partial charge in [0.2, 0.25) is 5.91 Å². The van der Waals surface area contributed by atoms with Crippen molar-refractivity contribution in [1.82, 2.24) is 4.90 Å². The second kappa shape index (κ2) is 13.1. The standard InChI is InChI=1S/C31H43N3O4/c1-22-6-5-16-34(20-22)21-26-9-12-27(18-23(26)2)33(3)30(35)25-10-13-28(14-11-25)38-29-8-4-7-24(19-29)15-17-37-31(32)36/h4,7-9,12,18-19,22,25,28H,5-6,10-11,13-17,20-21H2,1-3H3,(H2,32,36)/t22-,25?,28?/m1/s1. The van der Waals surface area contributed by atoms with Crippen LogP contribution in [-0.2, 0) is 22.5 Å². The van der Waals surface area contributed by atoms with E-state index in [2.05, 4.69) is 36.9 Å². The van der Waals surface area contributed by atoms with E-state index in [0.29, 0.717) is 6.42 Å². The van der Waals surface area contributed by atoms with Gasteiger partial charge in [0.05, 0.1) is 12.7 Å². The number of likely N-dealkylation sites (tertiary alicyclic amines) is 1. The third-order valence-corrected chi connectivity index (χ3v) is 8.04. The number of carbonyl (C=O) groups excluding carboxylic acids is 2. The lowest BCUT2D eigenvalue weighted by Crippen LogP contribution is -2.37. The summed E-state index contributed by atoms with van der Waals surface area (Å²) in [5, 5.41) is 0. The predicted molar refractivity (Wildman–Crippen MR) is 150 cm³/mol. The molecule has 2 N–H and O–H groups in total. The molecule has 1 atom stereocenters. The third-order valence-electron chi connectivity index (χ3n) is 8.04. The maximum atomic E-state index is 13.3. The molecule has 1 aliphatic heterocycles. The van der Waals surface area contributed by atoms with Gasteiger partial charge >= 0.3 is 6.09 Å². The summed E-state index contributed by atoms with van der Waals surface area (Å²) in [4.78, 5) is 28.5. The van der Waals surface area contributed by atoms with Gasteiger partial charge in [-0.15, -0.1) is 0 Å². The summed E-state index contributed by atoms with van der Waals surface area (Å²) in [5.74, 6) is 1.79. The second-order valence-corrected chi connectivity index (χ2v) is 11.1. The van der Waals surface area contributed by atoms with E-state index in [9.17, 15) is 9.59 Å². The summed E-state index contributed by atoms with van der Waals surface area (Å²) >= 11 is 0. The predicted octanol–water partition coefficient (Wildman–Crippen LogP) is 5.47. The SMILES string of the molecule is Cc1cc(N(C)C(=O)C2CCC(Oc3cccc(CCOC(N)=O)c3)CC2)ccc1CN1CCC[C@@H](C)C1. The lowest BCUT2D eigenvalue weighted by Gasteiger charge is -2.32. The number of benzene rings is 2. The second-order valence-electron chi connectivity index (χ2n) is 11.1. The number of amides is 2. The van der Waals surface area contributed by atoms with E-state index in [4.69, 9.17) is 15.2 Å². The van der Waals surface area contributed by atoms with Gasteiger partial charge in [0.25, 0.3) is 0 Å². The van der Waals surface area contributed by atoms with Crippen LogP contribution >= 0.6 is 0 Å². The zero-order valence-corrected chi connectivity index (χ0v) is 23.2. The van der Waals surface area contributed by atoms with Gasteiger partial charge in [-0.05, 0) is 98.9 Å². The summed E-state index contributed by atoms with van der Waals surface area (Å²) < 4.78 is 11.1. The Balaban J connectivity index is 1.26. The average molecular weight is 522 g/mol. The Morgan fingerprint density at radius 3 is 2.58 bits per heavy atom. The van der Waals surface area contributed by atoms with Crippen molar-refractivity contribution in [3.8, 4) is 5.75 Å². The number of carbonyl (C=O) groups is 2. The van der Waals surface area contributed by atoms with Gasteiger partial charge in [-0.1, -0.05) is 25.1 Å². The van der Waals surface area contributed by atoms with Crippen LogP contribution in [0.2, 0.25) is 0 Å². The molecule has 4 rings (SSSR count). The first-order chi connectivity index (χ1) is 18.3. The number of rotatable bonds is 9. The van der Waals surface area contributed by atoms with Crippen molar-refractivity contribution in [2.45, 2.75) is 71.4 Å². The highest BCUT2D eigenvalue weighted by molar-refractivity contribution is 5.94. The lowest BCUT2D eigenvalue weighted by atomic mass is 9.86. The number of aryl methyl sites for hydroxylation is 1. The van der Waals surface area contributed by atoms with Crippen molar-refractivity contribution >= 4 is 17.7 Å². The van der Waals surface area contributed by atoms with E-state index in [1.807, 2.05) is 36.2 Å². The molecule has 0 bridgehead atoms. The molecule has 2 amide bonds. The van der Waals surface area contributed by atoms with Gasteiger partial charge in [-0.3, -0.25) is 9.69 Å². The van der Waals surface area contributed by atoms with Crippen LogP contribution in [-0.4, -0.2) is 49.7 Å². The summed E-state index contributed by atoms with van der Waals surface area (Å²) in [6.07, 6.45) is 5.89. The number of ether oxygens (including phenoxy) is 2. The van der Waals surface area contributed by atoms with Crippen molar-refractivity contribution in [2.75, 3.05) is 31.6 Å². The van der Waals surface area contributed by atoms with E-state index in [1.54, 1.807) is 0 Å². The molecule has 2 fully saturated rings. The summed E-state index contributed by atoms with van der Waals surface area (Å²) in [6.45, 7) is 8.08. The Kier molecular flexibility index (Phi) is 9.67. The molecule has 38 heavy (non-hydrogen) atoms. The molecule has 206 valence electrons. The minimum Gasteiger partial charge on any atom is -0.490 e. The van der Waals surface area contributed by atoms with Crippen molar-refractivity contribution in [3.05, 3.63) is 59.2 Å². The largest absolute Gasteiger partial charge is 0.490 e. The first-order valence-electron chi connectivity index (χ1n) is 14.1. The van der Waals surface area contributed by atoms with Crippen LogP contribution in [0.15, 0.2) is 42.5 Å². The number of anilines is 1. The van der Waals surface area contributed by atoms with Crippen LogP contribution in [0.3, 0.4) is 0 Å². The molecule has 2 aromatic rings. The first-order valence-corrected chi connectivity index (χ1v) is 14.1. The van der Waals surface area contributed by atoms with E-state index in [1.165, 1.54) is 37.1 Å². The topological polar surface area (TPSA) is 85.1 Å². The zero-order chi connectivity index (χ0) is 27.1. The van der Waals surface area contributed by atoms with Crippen LogP contribution in [0.4, 0.5) is 10.5 Å². The molecule has 0 radical (unpaired) electrons. The van der Waals surface area contributed by atoms with Gasteiger partial charge in [-0.25, -0.2) is 4.79 Å². The summed E-state index contributed by atoms with van der Waals surface area (Å²) in [6, 6.07) is 14.3. The van der Waals surface area contributed by atoms with Gasteiger partial charge in [-0.2, -0.15) is 0 Å². The zero-order valence-electron chi connectivity index (χ0n) is 23.2. The number of nitrogens with zero attached hydrogens (tertiary/aromatic N) is 2. The highest BCUT2D eigenvalue weighted by atomic mass is 16.5. The molecular formula is C31H43N3O4. The monoisotopic (exact) mass is 521 g/mol. The maximum Gasteiger partial charge on any atom is 0.404 e. The van der Waals surface area contributed by atoms with Crippen LogP contribution in [0, 0.1) is 18.8 Å². The molecule has 1 saturated carbocycles. The average Bonchev–Trinajstić information content (AvgIpc) is 2.89. The van der Waals surface area contributed by atoms with Crippen molar-refractivity contribution in [1.29, 1.82) is 0 Å². The number of nitrogens with two attached hydrogens (primary N) is 1. The Labute approximate surface area is 227 Å². The maximum absolute atomic E-state index is 13.3. The van der Waals surface area contributed by atoms with Gasteiger partial charge < -0.3 is 20.1 Å². The summed E-state index contributed by atoms with van der Waals surface area (Å²) in [7, 11) is 1.90. The van der Waals surface area contributed by atoms with Crippen molar-refractivity contribution in [2.24, 2.45) is 17.6 Å². The van der Waals surface area contributed by atoms with E-state index >= 15 is 0 Å². The van der Waals surface area contributed by atoms with Crippen LogP contribution < -0.4 is 15.4 Å². The quantitative estimate of drug-likeness (QED) is 0.473. The summed E-state index contributed by atoms with van der Waals surface area (Å²) in [5.41, 5.74) is 9.63. The molecule has 2 aliphatic rings. The van der Waals surface area contributed by atoms with Crippen LogP contribution in [0.5, 0.6) is 5.75 Å². The van der Waals surface area contributed by atoms with E-state index < -0.39 is 6.09 Å². The smallest absolute Gasteiger partial charge is 0.404 e. The fourth-order valence-electron chi connectivity index (χ4n) is 5.80. The minimum atomic E-state index is -0.760. The third kappa shape index (κ3) is 7.73. The van der Waals surface area contributed by atoms with Gasteiger partial charge in [0, 0.05) is 38.2 Å².